The van der Waals surface area contributed by atoms with Gasteiger partial charge in [-0.3, -0.25) is 0 Å². The quantitative estimate of drug-likeness (QED) is 0.710. The second-order valence-electron chi connectivity index (χ2n) is 5.66. The van der Waals surface area contributed by atoms with Crippen molar-refractivity contribution in [1.82, 2.24) is 9.97 Å². The van der Waals surface area contributed by atoms with Crippen LogP contribution in [0.1, 0.15) is 11.1 Å². The predicted octanol–water partition coefficient (Wildman–Crippen LogP) is 4.09. The van der Waals surface area contributed by atoms with Crippen molar-refractivity contribution in [2.24, 2.45) is 0 Å². The summed E-state index contributed by atoms with van der Waals surface area (Å²) in [5.41, 5.74) is 2.28. The van der Waals surface area contributed by atoms with Gasteiger partial charge in [0.1, 0.15) is 17.4 Å². The van der Waals surface area contributed by atoms with E-state index in [2.05, 4.69) is 31.2 Å². The maximum atomic E-state index is 14.3. The molecule has 1 aliphatic heterocycles. The molecule has 4 rings (SSSR count). The number of halogens is 2. The third-order valence-corrected chi connectivity index (χ3v) is 4.82. The van der Waals surface area contributed by atoms with Crippen LogP contribution in [0, 0.1) is 5.82 Å². The van der Waals surface area contributed by atoms with Gasteiger partial charge in [-0.2, -0.15) is 0 Å². The molecule has 1 N–H and O–H groups in total. The molecular formula is C18H15BrFN3O2. The zero-order chi connectivity index (χ0) is 17.4. The number of benzene rings is 1. The van der Waals surface area contributed by atoms with E-state index in [0.29, 0.717) is 30.4 Å². The standard InChI is InChI=1S/C18H15BrFN3O2/c1-24-16-5-2-11-17(23-16)13(19)9-22-18(11)21-8-12-10-6-7-25-15(10)4-3-14(12)20/h2-5,9H,6-8H2,1H3,(H,21,22). The fourth-order valence-electron chi connectivity index (χ4n) is 3.00. The molecule has 5 nitrogen and oxygen atoms in total. The average molecular weight is 404 g/mol. The van der Waals surface area contributed by atoms with E-state index in [1.807, 2.05) is 6.07 Å². The Labute approximate surface area is 152 Å². The zero-order valence-electron chi connectivity index (χ0n) is 13.5. The Morgan fingerprint density at radius 1 is 1.32 bits per heavy atom. The Hall–Kier alpha value is -2.41. The van der Waals surface area contributed by atoms with E-state index < -0.39 is 0 Å². The highest BCUT2D eigenvalue weighted by Gasteiger charge is 2.19. The molecule has 0 saturated heterocycles. The van der Waals surface area contributed by atoms with Crippen LogP contribution < -0.4 is 14.8 Å². The molecule has 0 spiro atoms. The van der Waals surface area contributed by atoms with Crippen molar-refractivity contribution in [3.05, 3.63) is 51.9 Å². The lowest BCUT2D eigenvalue weighted by Crippen LogP contribution is -2.07. The Kier molecular flexibility index (Phi) is 4.17. The van der Waals surface area contributed by atoms with Crippen LogP contribution in [0.3, 0.4) is 0 Å². The van der Waals surface area contributed by atoms with E-state index in [-0.39, 0.29) is 5.82 Å². The minimum absolute atomic E-state index is 0.238. The van der Waals surface area contributed by atoms with Gasteiger partial charge in [-0.15, -0.1) is 0 Å². The minimum atomic E-state index is -0.238. The Morgan fingerprint density at radius 3 is 3.04 bits per heavy atom. The predicted molar refractivity (Wildman–Crippen MR) is 96.7 cm³/mol. The molecule has 0 aliphatic carbocycles. The summed E-state index contributed by atoms with van der Waals surface area (Å²) in [6.07, 6.45) is 2.39. The molecule has 2 aromatic heterocycles. The first kappa shape index (κ1) is 16.1. The summed E-state index contributed by atoms with van der Waals surface area (Å²) in [5.74, 6) is 1.69. The summed E-state index contributed by atoms with van der Waals surface area (Å²) in [6, 6.07) is 6.79. The molecule has 128 valence electrons. The van der Waals surface area contributed by atoms with Gasteiger partial charge in [-0.1, -0.05) is 0 Å². The van der Waals surface area contributed by atoms with Crippen LogP contribution in [-0.4, -0.2) is 23.7 Å². The molecule has 0 bridgehead atoms. The molecule has 0 atom stereocenters. The van der Waals surface area contributed by atoms with Gasteiger partial charge >= 0.3 is 0 Å². The Morgan fingerprint density at radius 2 is 2.20 bits per heavy atom. The van der Waals surface area contributed by atoms with Crippen LogP contribution in [0.25, 0.3) is 10.9 Å². The smallest absolute Gasteiger partial charge is 0.213 e. The number of methoxy groups -OCH3 is 1. The molecule has 0 fully saturated rings. The van der Waals surface area contributed by atoms with Gasteiger partial charge < -0.3 is 14.8 Å². The first-order chi connectivity index (χ1) is 12.2. The third kappa shape index (κ3) is 2.89. The fraction of sp³-hybridized carbons (Fsp3) is 0.222. The highest BCUT2D eigenvalue weighted by atomic mass is 79.9. The molecule has 1 aromatic carbocycles. The van der Waals surface area contributed by atoms with Crippen molar-refractivity contribution in [2.75, 3.05) is 19.0 Å². The molecule has 0 saturated carbocycles. The molecule has 3 aromatic rings. The van der Waals surface area contributed by atoms with Crippen molar-refractivity contribution in [2.45, 2.75) is 13.0 Å². The Balaban J connectivity index is 1.69. The van der Waals surface area contributed by atoms with Crippen LogP contribution >= 0.6 is 15.9 Å². The summed E-state index contributed by atoms with van der Waals surface area (Å²) in [4.78, 5) is 8.85. The van der Waals surface area contributed by atoms with Gasteiger partial charge in [-0.05, 0) is 34.1 Å². The lowest BCUT2D eigenvalue weighted by Gasteiger charge is -2.13. The summed E-state index contributed by atoms with van der Waals surface area (Å²) in [6.45, 7) is 0.920. The van der Waals surface area contributed by atoms with Gasteiger partial charge in [0, 0.05) is 41.7 Å². The molecule has 1 aliphatic rings. The second-order valence-corrected chi connectivity index (χ2v) is 6.51. The molecular weight excluding hydrogens is 389 g/mol. The number of pyridine rings is 2. The van der Waals surface area contributed by atoms with Gasteiger partial charge in [0.05, 0.1) is 23.7 Å². The summed E-state index contributed by atoms with van der Waals surface area (Å²) >= 11 is 3.46. The van der Waals surface area contributed by atoms with E-state index in [4.69, 9.17) is 9.47 Å². The number of nitrogens with one attached hydrogen (secondary N) is 1. The van der Waals surface area contributed by atoms with Crippen LogP contribution in [0.4, 0.5) is 10.2 Å². The zero-order valence-corrected chi connectivity index (χ0v) is 15.1. The van der Waals surface area contributed by atoms with Crippen molar-refractivity contribution < 1.29 is 13.9 Å². The van der Waals surface area contributed by atoms with Crippen LogP contribution in [0.15, 0.2) is 34.9 Å². The van der Waals surface area contributed by atoms with E-state index in [1.54, 1.807) is 25.4 Å². The number of rotatable bonds is 4. The van der Waals surface area contributed by atoms with E-state index in [1.165, 1.54) is 6.07 Å². The molecule has 25 heavy (non-hydrogen) atoms. The molecule has 0 radical (unpaired) electrons. The van der Waals surface area contributed by atoms with Crippen molar-refractivity contribution in [3.63, 3.8) is 0 Å². The number of hydrogen-bond donors (Lipinski definition) is 1. The average Bonchev–Trinajstić information content (AvgIpc) is 3.11. The number of aromatic nitrogens is 2. The molecule has 0 unspecified atom stereocenters. The normalized spacial score (nSPS) is 12.8. The molecule has 0 amide bonds. The van der Waals surface area contributed by atoms with Gasteiger partial charge in [0.25, 0.3) is 0 Å². The molecule has 3 heterocycles. The first-order valence-corrected chi connectivity index (χ1v) is 8.63. The third-order valence-electron chi connectivity index (χ3n) is 4.24. The maximum absolute atomic E-state index is 14.3. The Bertz CT molecular complexity index is 965. The number of fused-ring (bicyclic) bond motifs is 2. The summed E-state index contributed by atoms with van der Waals surface area (Å²) < 4.78 is 25.7. The first-order valence-electron chi connectivity index (χ1n) is 7.83. The fourth-order valence-corrected chi connectivity index (χ4v) is 3.40. The monoisotopic (exact) mass is 403 g/mol. The van der Waals surface area contributed by atoms with E-state index in [0.717, 1.165) is 33.1 Å². The number of ether oxygens (including phenoxy) is 2. The second kappa shape index (κ2) is 6.48. The highest BCUT2D eigenvalue weighted by Crippen LogP contribution is 2.32. The lowest BCUT2D eigenvalue weighted by atomic mass is 10.0. The lowest BCUT2D eigenvalue weighted by molar-refractivity contribution is 0.356. The van der Waals surface area contributed by atoms with Gasteiger partial charge in [0.2, 0.25) is 5.88 Å². The van der Waals surface area contributed by atoms with Crippen LogP contribution in [0.2, 0.25) is 0 Å². The number of hydrogen-bond acceptors (Lipinski definition) is 5. The largest absolute Gasteiger partial charge is 0.493 e. The topological polar surface area (TPSA) is 56.3 Å². The number of anilines is 1. The van der Waals surface area contributed by atoms with Crippen LogP contribution in [0.5, 0.6) is 11.6 Å². The van der Waals surface area contributed by atoms with Crippen LogP contribution in [-0.2, 0) is 13.0 Å². The summed E-state index contributed by atoms with van der Waals surface area (Å²) in [5, 5.41) is 4.06. The van der Waals surface area contributed by atoms with Crippen molar-refractivity contribution in [1.29, 1.82) is 0 Å². The van der Waals surface area contributed by atoms with E-state index >= 15 is 0 Å². The molecule has 7 heteroatoms. The minimum Gasteiger partial charge on any atom is -0.493 e. The van der Waals surface area contributed by atoms with E-state index in [9.17, 15) is 4.39 Å². The van der Waals surface area contributed by atoms with Crippen molar-refractivity contribution >= 4 is 32.7 Å². The maximum Gasteiger partial charge on any atom is 0.213 e. The van der Waals surface area contributed by atoms with Gasteiger partial charge in [0.15, 0.2) is 0 Å². The number of nitrogens with zero attached hydrogens (tertiary/aromatic N) is 2. The van der Waals surface area contributed by atoms with Crippen molar-refractivity contribution in [3.8, 4) is 11.6 Å². The highest BCUT2D eigenvalue weighted by molar-refractivity contribution is 9.10. The van der Waals surface area contributed by atoms with Gasteiger partial charge in [-0.25, -0.2) is 14.4 Å². The SMILES string of the molecule is COc1ccc2c(NCc3c(F)ccc4c3CCO4)ncc(Br)c2n1. The summed E-state index contributed by atoms with van der Waals surface area (Å²) in [7, 11) is 1.57.